The molecule has 106 valence electrons. The van der Waals surface area contributed by atoms with Gasteiger partial charge in [0.1, 0.15) is 11.3 Å². The van der Waals surface area contributed by atoms with Crippen LogP contribution >= 0.6 is 11.6 Å². The van der Waals surface area contributed by atoms with Crippen molar-refractivity contribution in [3.63, 3.8) is 0 Å². The van der Waals surface area contributed by atoms with Crippen LogP contribution in [0.1, 0.15) is 0 Å². The molecule has 0 fully saturated rings. The number of hydrogen-bond donors (Lipinski definition) is 0. The van der Waals surface area contributed by atoms with E-state index in [1.165, 1.54) is 0 Å². The topological polar surface area (TPSA) is 13.1 Å². The maximum absolute atomic E-state index is 6.14. The SMILES string of the molecule is Clc1ccc(-c2oc3ccccc3c2-c2ccccc2)cc1. The zero-order valence-electron chi connectivity index (χ0n) is 11.8. The molecule has 1 heterocycles. The van der Waals surface area contributed by atoms with Crippen LogP contribution in [-0.4, -0.2) is 0 Å². The molecule has 1 aromatic heterocycles. The van der Waals surface area contributed by atoms with E-state index in [9.17, 15) is 0 Å². The average Bonchev–Trinajstić information content (AvgIpc) is 2.96. The number of hydrogen-bond acceptors (Lipinski definition) is 1. The van der Waals surface area contributed by atoms with Gasteiger partial charge in [-0.25, -0.2) is 0 Å². The van der Waals surface area contributed by atoms with E-state index in [1.54, 1.807) is 0 Å². The molecular formula is C20H13ClO. The lowest BCUT2D eigenvalue weighted by molar-refractivity contribution is 0.632. The first kappa shape index (κ1) is 13.2. The summed E-state index contributed by atoms with van der Waals surface area (Å²) in [5.74, 6) is 0.879. The smallest absolute Gasteiger partial charge is 0.143 e. The van der Waals surface area contributed by atoms with E-state index >= 15 is 0 Å². The van der Waals surface area contributed by atoms with Gasteiger partial charge >= 0.3 is 0 Å². The van der Waals surface area contributed by atoms with Gasteiger partial charge in [-0.3, -0.25) is 0 Å². The molecule has 22 heavy (non-hydrogen) atoms. The first-order valence-corrected chi connectivity index (χ1v) is 7.53. The molecule has 0 unspecified atom stereocenters. The molecule has 0 aliphatic heterocycles. The minimum Gasteiger partial charge on any atom is -0.455 e. The summed E-state index contributed by atoms with van der Waals surface area (Å²) in [4.78, 5) is 0. The molecule has 0 amide bonds. The molecule has 0 bridgehead atoms. The summed E-state index contributed by atoms with van der Waals surface area (Å²) in [6.07, 6.45) is 0. The van der Waals surface area contributed by atoms with Crippen molar-refractivity contribution < 1.29 is 4.42 Å². The highest BCUT2D eigenvalue weighted by atomic mass is 35.5. The van der Waals surface area contributed by atoms with E-state index in [0.29, 0.717) is 0 Å². The van der Waals surface area contributed by atoms with E-state index in [0.717, 1.165) is 38.4 Å². The van der Waals surface area contributed by atoms with Crippen LogP contribution in [0.15, 0.2) is 83.3 Å². The average molecular weight is 305 g/mol. The molecule has 0 aliphatic rings. The van der Waals surface area contributed by atoms with Crippen LogP contribution in [0.4, 0.5) is 0 Å². The highest BCUT2D eigenvalue weighted by molar-refractivity contribution is 6.30. The summed E-state index contributed by atoms with van der Waals surface area (Å²) in [5, 5.41) is 1.85. The molecular weight excluding hydrogens is 292 g/mol. The number of benzene rings is 3. The second-order valence-corrected chi connectivity index (χ2v) is 5.61. The predicted octanol–water partition coefficient (Wildman–Crippen LogP) is 6.42. The monoisotopic (exact) mass is 304 g/mol. The van der Waals surface area contributed by atoms with Crippen LogP contribution in [0.25, 0.3) is 33.4 Å². The summed E-state index contributed by atoms with van der Waals surface area (Å²) in [6, 6.07) is 26.2. The lowest BCUT2D eigenvalue weighted by Crippen LogP contribution is -1.80. The van der Waals surface area contributed by atoms with Gasteiger partial charge in [-0.15, -0.1) is 0 Å². The summed E-state index contributed by atoms with van der Waals surface area (Å²) in [7, 11) is 0. The van der Waals surface area contributed by atoms with E-state index in [-0.39, 0.29) is 0 Å². The van der Waals surface area contributed by atoms with E-state index in [1.807, 2.05) is 60.7 Å². The molecule has 3 aromatic carbocycles. The molecule has 0 saturated carbocycles. The van der Waals surface area contributed by atoms with Crippen LogP contribution in [0, 0.1) is 0 Å². The normalized spacial score (nSPS) is 11.0. The Morgan fingerprint density at radius 3 is 2.09 bits per heavy atom. The van der Waals surface area contributed by atoms with Gasteiger partial charge in [-0.2, -0.15) is 0 Å². The Labute approximate surface area is 133 Å². The van der Waals surface area contributed by atoms with E-state index < -0.39 is 0 Å². The number of furan rings is 1. The molecule has 0 aliphatic carbocycles. The number of fused-ring (bicyclic) bond motifs is 1. The fraction of sp³-hybridized carbons (Fsp3) is 0. The molecule has 0 saturated heterocycles. The zero-order chi connectivity index (χ0) is 14.9. The molecule has 2 heteroatoms. The molecule has 4 rings (SSSR count). The van der Waals surface area contributed by atoms with Gasteiger partial charge in [0.15, 0.2) is 0 Å². The molecule has 0 radical (unpaired) electrons. The summed E-state index contributed by atoms with van der Waals surface area (Å²) in [6.45, 7) is 0. The largest absolute Gasteiger partial charge is 0.455 e. The first-order chi connectivity index (χ1) is 10.8. The molecule has 0 spiro atoms. The van der Waals surface area contributed by atoms with Gasteiger partial charge in [0.2, 0.25) is 0 Å². The van der Waals surface area contributed by atoms with E-state index in [2.05, 4.69) is 18.2 Å². The van der Waals surface area contributed by atoms with Crippen molar-refractivity contribution in [2.75, 3.05) is 0 Å². The Bertz CT molecular complexity index is 921. The Hall–Kier alpha value is -2.51. The lowest BCUT2D eigenvalue weighted by atomic mass is 9.99. The van der Waals surface area contributed by atoms with E-state index in [4.69, 9.17) is 16.0 Å². The van der Waals surface area contributed by atoms with Crippen LogP contribution in [-0.2, 0) is 0 Å². The molecule has 4 aromatic rings. The maximum atomic E-state index is 6.14. The van der Waals surface area contributed by atoms with Crippen molar-refractivity contribution >= 4 is 22.6 Å². The standard InChI is InChI=1S/C20H13ClO/c21-16-12-10-15(11-13-16)20-19(14-6-2-1-3-7-14)17-8-4-5-9-18(17)22-20/h1-13H. The maximum Gasteiger partial charge on any atom is 0.143 e. The molecule has 0 N–H and O–H groups in total. The summed E-state index contributed by atoms with van der Waals surface area (Å²) in [5.41, 5.74) is 4.20. The third-order valence-electron chi connectivity index (χ3n) is 3.76. The van der Waals surface area contributed by atoms with Gasteiger partial charge in [0.25, 0.3) is 0 Å². The third kappa shape index (κ3) is 2.20. The van der Waals surface area contributed by atoms with Crippen LogP contribution in [0.5, 0.6) is 0 Å². The fourth-order valence-corrected chi connectivity index (χ4v) is 2.87. The van der Waals surface area contributed by atoms with Crippen molar-refractivity contribution in [3.8, 4) is 22.5 Å². The second-order valence-electron chi connectivity index (χ2n) is 5.18. The predicted molar refractivity (Wildman–Crippen MR) is 92.1 cm³/mol. The van der Waals surface area contributed by atoms with Gasteiger partial charge in [0.05, 0.1) is 0 Å². The Morgan fingerprint density at radius 2 is 1.32 bits per heavy atom. The Morgan fingerprint density at radius 1 is 0.636 bits per heavy atom. The molecule has 1 nitrogen and oxygen atoms in total. The number of rotatable bonds is 2. The van der Waals surface area contributed by atoms with Crippen LogP contribution < -0.4 is 0 Å². The molecule has 0 atom stereocenters. The first-order valence-electron chi connectivity index (χ1n) is 7.16. The van der Waals surface area contributed by atoms with Gasteiger partial charge in [0, 0.05) is 21.5 Å². The highest BCUT2D eigenvalue weighted by Gasteiger charge is 2.16. The van der Waals surface area contributed by atoms with Crippen molar-refractivity contribution in [2.24, 2.45) is 0 Å². The Balaban J connectivity index is 2.04. The van der Waals surface area contributed by atoms with Crippen molar-refractivity contribution in [3.05, 3.63) is 83.9 Å². The highest BCUT2D eigenvalue weighted by Crippen LogP contribution is 2.40. The minimum atomic E-state index is 0.723. The van der Waals surface area contributed by atoms with Crippen molar-refractivity contribution in [1.29, 1.82) is 0 Å². The Kier molecular flexibility index (Phi) is 3.21. The number of para-hydroxylation sites is 1. The van der Waals surface area contributed by atoms with Gasteiger partial charge < -0.3 is 4.42 Å². The fourth-order valence-electron chi connectivity index (χ4n) is 2.74. The van der Waals surface area contributed by atoms with Crippen molar-refractivity contribution in [1.82, 2.24) is 0 Å². The van der Waals surface area contributed by atoms with Crippen molar-refractivity contribution in [2.45, 2.75) is 0 Å². The third-order valence-corrected chi connectivity index (χ3v) is 4.02. The quantitative estimate of drug-likeness (QED) is 0.416. The summed E-state index contributed by atoms with van der Waals surface area (Å²) >= 11 is 6.00. The summed E-state index contributed by atoms with van der Waals surface area (Å²) < 4.78 is 6.14. The van der Waals surface area contributed by atoms with Crippen LogP contribution in [0.2, 0.25) is 5.02 Å². The van der Waals surface area contributed by atoms with Gasteiger partial charge in [-0.05, 0) is 35.9 Å². The number of halogens is 1. The lowest BCUT2D eigenvalue weighted by Gasteiger charge is -2.04. The zero-order valence-corrected chi connectivity index (χ0v) is 12.5. The van der Waals surface area contributed by atoms with Crippen LogP contribution in [0.3, 0.4) is 0 Å². The second kappa shape index (κ2) is 5.36. The van der Waals surface area contributed by atoms with Gasteiger partial charge in [-0.1, -0.05) is 60.1 Å². The minimum absolute atomic E-state index is 0.723.